The average Bonchev–Trinajstić information content (AvgIpc) is 3.65. The summed E-state index contributed by atoms with van der Waals surface area (Å²) in [5.74, 6) is -0.197. The molecule has 0 saturated carbocycles. The number of aliphatic hydroxyl groups is 8. The molecule has 14 nitrogen and oxygen atoms in total. The molecule has 12 unspecified atom stereocenters. The van der Waals surface area contributed by atoms with E-state index in [-0.39, 0.29) is 12.5 Å². The van der Waals surface area contributed by atoms with E-state index >= 15 is 0 Å². The number of aliphatic hydroxyl groups excluding tert-OH is 8. The molecule has 0 aliphatic carbocycles. The zero-order valence-electron chi connectivity index (χ0n) is 53.7. The lowest BCUT2D eigenvalue weighted by atomic mass is 9.97. The van der Waals surface area contributed by atoms with Gasteiger partial charge in [-0.3, -0.25) is 4.79 Å². The fraction of sp³-hybridized carbons (Fsp3) is 0.986. The smallest absolute Gasteiger partial charge is 0.220 e. The molecule has 2 fully saturated rings. The van der Waals surface area contributed by atoms with Crippen LogP contribution in [0.2, 0.25) is 0 Å². The normalized spacial score (nSPS) is 23.7. The van der Waals surface area contributed by atoms with Crippen molar-refractivity contribution in [2.45, 2.75) is 415 Å². The van der Waals surface area contributed by atoms with Gasteiger partial charge in [-0.15, -0.1) is 0 Å². The maximum atomic E-state index is 13.3. The molecular formula is C69H135NO13. The van der Waals surface area contributed by atoms with Gasteiger partial charge < -0.3 is 65.1 Å². The average molecular weight is 1190 g/mol. The Bertz CT molecular complexity index is 1400. The van der Waals surface area contributed by atoms with Crippen LogP contribution in [0.25, 0.3) is 0 Å². The second-order valence-corrected chi connectivity index (χ2v) is 25.7. The van der Waals surface area contributed by atoms with E-state index in [0.29, 0.717) is 12.8 Å². The molecule has 2 aliphatic rings. The van der Waals surface area contributed by atoms with Crippen LogP contribution in [0.5, 0.6) is 0 Å². The van der Waals surface area contributed by atoms with Gasteiger partial charge in [0.1, 0.15) is 48.8 Å². The summed E-state index contributed by atoms with van der Waals surface area (Å²) in [7, 11) is 0. The molecule has 14 heteroatoms. The molecule has 2 rings (SSSR count). The van der Waals surface area contributed by atoms with E-state index < -0.39 is 86.8 Å². The molecule has 83 heavy (non-hydrogen) atoms. The van der Waals surface area contributed by atoms with E-state index in [9.17, 15) is 45.6 Å². The molecule has 0 radical (unpaired) electrons. The molecule has 0 aromatic carbocycles. The van der Waals surface area contributed by atoms with E-state index in [1.165, 1.54) is 263 Å². The highest BCUT2D eigenvalue weighted by molar-refractivity contribution is 5.76. The van der Waals surface area contributed by atoms with Crippen LogP contribution in [0.3, 0.4) is 0 Å². The van der Waals surface area contributed by atoms with Gasteiger partial charge in [0.15, 0.2) is 12.6 Å². The van der Waals surface area contributed by atoms with Gasteiger partial charge in [0.25, 0.3) is 0 Å². The van der Waals surface area contributed by atoms with Gasteiger partial charge in [-0.25, -0.2) is 0 Å². The summed E-state index contributed by atoms with van der Waals surface area (Å²) < 4.78 is 22.9. The van der Waals surface area contributed by atoms with Gasteiger partial charge in [0, 0.05) is 6.42 Å². The van der Waals surface area contributed by atoms with Crippen molar-refractivity contribution in [3.05, 3.63) is 0 Å². The standard InChI is InChI=1S/C69H135NO13/c1-3-5-7-9-11-13-15-17-19-21-23-24-25-26-27-28-29-30-31-32-33-35-37-39-41-43-45-47-49-51-53-61(74)70-57(58(73)52-50-48-46-44-42-40-38-36-34-22-20-18-16-14-12-10-8-6-4-2)56-80-68-66(79)64(77)67(60(55-72)82-68)83-69-65(78)63(76)62(75)59(54-71)81-69/h57-60,62-69,71-73,75-79H,3-56H2,1-2H3,(H,70,74). The molecule has 2 heterocycles. The fourth-order valence-corrected chi connectivity index (χ4v) is 12.4. The third-order valence-electron chi connectivity index (χ3n) is 18.1. The van der Waals surface area contributed by atoms with Crippen LogP contribution in [-0.2, 0) is 23.7 Å². The first-order chi connectivity index (χ1) is 40.6. The van der Waals surface area contributed by atoms with E-state index in [1.54, 1.807) is 0 Å². The molecule has 0 bridgehead atoms. The zero-order valence-corrected chi connectivity index (χ0v) is 53.7. The largest absolute Gasteiger partial charge is 0.394 e. The lowest BCUT2D eigenvalue weighted by molar-refractivity contribution is -0.359. The zero-order chi connectivity index (χ0) is 60.2. The molecule has 1 amide bonds. The second-order valence-electron chi connectivity index (χ2n) is 25.7. The van der Waals surface area contributed by atoms with Crippen molar-refractivity contribution in [2.75, 3.05) is 19.8 Å². The van der Waals surface area contributed by atoms with Crippen molar-refractivity contribution in [3.8, 4) is 0 Å². The number of hydrogen-bond acceptors (Lipinski definition) is 13. The predicted octanol–water partition coefficient (Wildman–Crippen LogP) is 14.4. The van der Waals surface area contributed by atoms with Crippen LogP contribution in [0.1, 0.15) is 341 Å². The quantitative estimate of drug-likeness (QED) is 0.0259. The molecule has 2 saturated heterocycles. The number of carbonyl (C=O) groups is 1. The van der Waals surface area contributed by atoms with E-state index in [1.807, 2.05) is 0 Å². The van der Waals surface area contributed by atoms with Crippen LogP contribution in [0.15, 0.2) is 0 Å². The van der Waals surface area contributed by atoms with Crippen molar-refractivity contribution >= 4 is 5.91 Å². The summed E-state index contributed by atoms with van der Waals surface area (Å²) in [6, 6.07) is -0.824. The third kappa shape index (κ3) is 39.6. The second kappa shape index (κ2) is 55.1. The Morgan fingerprint density at radius 3 is 1.02 bits per heavy atom. The minimum absolute atomic E-state index is 0.197. The Hall–Kier alpha value is -1.01. The predicted molar refractivity (Wildman–Crippen MR) is 337 cm³/mol. The van der Waals surface area contributed by atoms with E-state index in [4.69, 9.17) is 18.9 Å². The minimum Gasteiger partial charge on any atom is -0.394 e. The molecule has 12 atom stereocenters. The third-order valence-corrected chi connectivity index (χ3v) is 18.1. The van der Waals surface area contributed by atoms with Crippen LogP contribution >= 0.6 is 0 Å². The molecule has 0 aromatic rings. The number of hydrogen-bond donors (Lipinski definition) is 9. The first-order valence-corrected chi connectivity index (χ1v) is 35.8. The van der Waals surface area contributed by atoms with Crippen molar-refractivity contribution in [1.82, 2.24) is 5.32 Å². The van der Waals surface area contributed by atoms with Crippen molar-refractivity contribution in [1.29, 1.82) is 0 Å². The first kappa shape index (κ1) is 78.1. The number of carbonyl (C=O) groups excluding carboxylic acids is 1. The Balaban J connectivity index is 1.63. The number of unbranched alkanes of at least 4 members (excludes halogenated alkanes) is 47. The Morgan fingerprint density at radius 1 is 0.386 bits per heavy atom. The number of amides is 1. The monoisotopic (exact) mass is 1190 g/mol. The van der Waals surface area contributed by atoms with Crippen molar-refractivity contribution in [2.24, 2.45) is 0 Å². The molecule has 0 spiro atoms. The Kier molecular flexibility index (Phi) is 51.8. The number of ether oxygens (including phenoxy) is 4. The lowest BCUT2D eigenvalue weighted by Crippen LogP contribution is -2.65. The fourth-order valence-electron chi connectivity index (χ4n) is 12.4. The summed E-state index contributed by atoms with van der Waals surface area (Å²) >= 11 is 0. The summed E-state index contributed by atoms with van der Waals surface area (Å²) in [5.41, 5.74) is 0. The highest BCUT2D eigenvalue weighted by Gasteiger charge is 2.51. The van der Waals surface area contributed by atoms with Crippen molar-refractivity contribution < 1.29 is 64.6 Å². The SMILES string of the molecule is CCCCCCCCCCCCCCCCCCCCCCCCCCCCCCCCC(=O)NC(COC1OC(CO)C(OC2OC(CO)C(O)C(O)C2O)C(O)C1O)C(O)CCCCCCCCCCCCCCCCCCCCC. The highest BCUT2D eigenvalue weighted by Crippen LogP contribution is 2.30. The summed E-state index contributed by atoms with van der Waals surface area (Å²) in [6.07, 6.45) is 48.4. The Labute approximate surface area is 508 Å². The first-order valence-electron chi connectivity index (χ1n) is 35.8. The molecule has 2 aliphatic heterocycles. The maximum Gasteiger partial charge on any atom is 0.220 e. The molecule has 0 aromatic heterocycles. The Morgan fingerprint density at radius 2 is 0.687 bits per heavy atom. The topological polar surface area (TPSA) is 228 Å². The summed E-state index contributed by atoms with van der Waals surface area (Å²) in [5, 5.41) is 87.6. The van der Waals surface area contributed by atoms with Gasteiger partial charge in [-0.2, -0.15) is 0 Å². The van der Waals surface area contributed by atoms with Crippen LogP contribution < -0.4 is 5.32 Å². The van der Waals surface area contributed by atoms with Gasteiger partial charge in [0.2, 0.25) is 5.91 Å². The van der Waals surface area contributed by atoms with Gasteiger partial charge in [0.05, 0.1) is 32.0 Å². The van der Waals surface area contributed by atoms with Gasteiger partial charge in [-0.05, 0) is 12.8 Å². The summed E-state index contributed by atoms with van der Waals surface area (Å²) in [4.78, 5) is 13.3. The number of nitrogens with one attached hydrogen (secondary N) is 1. The molecule has 9 N–H and O–H groups in total. The highest BCUT2D eigenvalue weighted by atomic mass is 16.7. The summed E-state index contributed by atoms with van der Waals surface area (Å²) in [6.45, 7) is 2.93. The van der Waals surface area contributed by atoms with Crippen LogP contribution in [0, 0.1) is 0 Å². The van der Waals surface area contributed by atoms with Crippen molar-refractivity contribution in [3.63, 3.8) is 0 Å². The van der Waals surface area contributed by atoms with E-state index in [2.05, 4.69) is 19.2 Å². The van der Waals surface area contributed by atoms with Crippen LogP contribution in [-0.4, -0.2) is 140 Å². The molecule has 494 valence electrons. The van der Waals surface area contributed by atoms with E-state index in [0.717, 1.165) is 51.4 Å². The van der Waals surface area contributed by atoms with Gasteiger partial charge >= 0.3 is 0 Å². The lowest BCUT2D eigenvalue weighted by Gasteiger charge is -2.46. The van der Waals surface area contributed by atoms with Crippen LogP contribution in [0.4, 0.5) is 0 Å². The molecular weight excluding hydrogens is 1050 g/mol. The van der Waals surface area contributed by atoms with Gasteiger partial charge in [-0.1, -0.05) is 322 Å². The number of rotatable bonds is 60. The minimum atomic E-state index is -1.78. The maximum absolute atomic E-state index is 13.3.